The van der Waals surface area contributed by atoms with Gasteiger partial charge in [-0.3, -0.25) is 0 Å². The van der Waals surface area contributed by atoms with Crippen LogP contribution in [0.5, 0.6) is 0 Å². The predicted molar refractivity (Wildman–Crippen MR) is 111 cm³/mol. The fourth-order valence-electron chi connectivity index (χ4n) is 3.11. The van der Waals surface area contributed by atoms with Crippen LogP contribution in [0.1, 0.15) is 0 Å². The number of rotatable bonds is 4. The molecule has 0 aliphatic carbocycles. The maximum atomic E-state index is 5.93. The molecule has 0 aliphatic heterocycles. The Morgan fingerprint density at radius 2 is 1.19 bits per heavy atom. The Kier molecular flexibility index (Phi) is 4.40. The van der Waals surface area contributed by atoms with Crippen LogP contribution in [0.2, 0.25) is 0 Å². The first kappa shape index (κ1) is 16.0. The largest absolute Gasteiger partial charge is 0.399 e. The standard InChI is InChI=1S/C24H20N2/c25-21-12-6-10-19(16-21)20-11-7-13-22(17-20)26-24-15-5-4-14-23(24)18-8-2-1-3-9-18/h1-17,26H,25H2. The maximum Gasteiger partial charge on any atom is 0.0463 e. The normalized spacial score (nSPS) is 10.5. The van der Waals surface area contributed by atoms with Crippen LogP contribution < -0.4 is 11.1 Å². The van der Waals surface area contributed by atoms with E-state index in [2.05, 4.69) is 84.2 Å². The van der Waals surface area contributed by atoms with E-state index in [0.29, 0.717) is 0 Å². The van der Waals surface area contributed by atoms with Crippen LogP contribution in [-0.2, 0) is 0 Å². The molecule has 126 valence electrons. The monoisotopic (exact) mass is 336 g/mol. The van der Waals surface area contributed by atoms with Gasteiger partial charge in [0.25, 0.3) is 0 Å². The summed E-state index contributed by atoms with van der Waals surface area (Å²) in [6, 6.07) is 35.1. The van der Waals surface area contributed by atoms with E-state index in [1.54, 1.807) is 0 Å². The average Bonchev–Trinajstić information content (AvgIpc) is 2.69. The molecule has 2 heteroatoms. The highest BCUT2D eigenvalue weighted by Gasteiger charge is 2.05. The first-order valence-corrected chi connectivity index (χ1v) is 8.67. The first-order valence-electron chi connectivity index (χ1n) is 8.67. The summed E-state index contributed by atoms with van der Waals surface area (Å²) in [4.78, 5) is 0. The van der Waals surface area contributed by atoms with Crippen LogP contribution in [0.3, 0.4) is 0 Å². The molecule has 0 amide bonds. The summed E-state index contributed by atoms with van der Waals surface area (Å²) in [6.45, 7) is 0. The molecule has 0 saturated heterocycles. The van der Waals surface area contributed by atoms with Gasteiger partial charge in [0.15, 0.2) is 0 Å². The van der Waals surface area contributed by atoms with E-state index in [0.717, 1.165) is 28.2 Å². The molecule has 0 unspecified atom stereocenters. The minimum absolute atomic E-state index is 0.773. The lowest BCUT2D eigenvalue weighted by Crippen LogP contribution is -1.93. The molecule has 4 aromatic carbocycles. The van der Waals surface area contributed by atoms with E-state index in [4.69, 9.17) is 5.73 Å². The number of para-hydroxylation sites is 1. The van der Waals surface area contributed by atoms with Crippen molar-refractivity contribution in [2.75, 3.05) is 11.1 Å². The van der Waals surface area contributed by atoms with Crippen molar-refractivity contribution in [2.24, 2.45) is 0 Å². The summed E-state index contributed by atoms with van der Waals surface area (Å²) in [7, 11) is 0. The quantitative estimate of drug-likeness (QED) is 0.426. The Bertz CT molecular complexity index is 1020. The van der Waals surface area contributed by atoms with Crippen LogP contribution in [0.15, 0.2) is 103 Å². The molecule has 3 N–H and O–H groups in total. The summed E-state index contributed by atoms with van der Waals surface area (Å²) in [5.41, 5.74) is 13.5. The minimum atomic E-state index is 0.773. The number of hydrogen-bond donors (Lipinski definition) is 2. The molecule has 0 atom stereocenters. The third kappa shape index (κ3) is 3.45. The second-order valence-corrected chi connectivity index (χ2v) is 6.24. The summed E-state index contributed by atoms with van der Waals surface area (Å²) in [5.74, 6) is 0. The zero-order chi connectivity index (χ0) is 17.8. The fourth-order valence-corrected chi connectivity index (χ4v) is 3.11. The Hall–Kier alpha value is -3.52. The Morgan fingerprint density at radius 1 is 0.538 bits per heavy atom. The van der Waals surface area contributed by atoms with Crippen molar-refractivity contribution in [2.45, 2.75) is 0 Å². The van der Waals surface area contributed by atoms with Gasteiger partial charge in [-0.25, -0.2) is 0 Å². The number of nitrogens with one attached hydrogen (secondary N) is 1. The second-order valence-electron chi connectivity index (χ2n) is 6.24. The number of hydrogen-bond acceptors (Lipinski definition) is 2. The van der Waals surface area contributed by atoms with Gasteiger partial charge in [-0.2, -0.15) is 0 Å². The molecular weight excluding hydrogens is 316 g/mol. The molecule has 2 nitrogen and oxygen atoms in total. The molecule has 0 bridgehead atoms. The number of nitrogen functional groups attached to an aromatic ring is 1. The molecule has 4 aromatic rings. The molecule has 0 fully saturated rings. The van der Waals surface area contributed by atoms with Crippen molar-refractivity contribution in [3.05, 3.63) is 103 Å². The zero-order valence-corrected chi connectivity index (χ0v) is 14.4. The summed E-state index contributed by atoms with van der Waals surface area (Å²) in [5, 5.41) is 3.56. The van der Waals surface area contributed by atoms with Gasteiger partial charge in [0.2, 0.25) is 0 Å². The molecular formula is C24H20N2. The topological polar surface area (TPSA) is 38.0 Å². The van der Waals surface area contributed by atoms with Crippen molar-refractivity contribution in [3.63, 3.8) is 0 Å². The van der Waals surface area contributed by atoms with Crippen LogP contribution in [-0.4, -0.2) is 0 Å². The molecule has 0 saturated carbocycles. The minimum Gasteiger partial charge on any atom is -0.399 e. The molecule has 4 rings (SSSR count). The van der Waals surface area contributed by atoms with E-state index in [1.807, 2.05) is 24.3 Å². The van der Waals surface area contributed by atoms with E-state index >= 15 is 0 Å². The van der Waals surface area contributed by atoms with Crippen molar-refractivity contribution in [3.8, 4) is 22.3 Å². The van der Waals surface area contributed by atoms with Gasteiger partial charge >= 0.3 is 0 Å². The maximum absolute atomic E-state index is 5.93. The highest BCUT2D eigenvalue weighted by Crippen LogP contribution is 2.31. The highest BCUT2D eigenvalue weighted by molar-refractivity contribution is 5.82. The van der Waals surface area contributed by atoms with E-state index in [-0.39, 0.29) is 0 Å². The Labute approximate surface area is 153 Å². The van der Waals surface area contributed by atoms with E-state index in [9.17, 15) is 0 Å². The van der Waals surface area contributed by atoms with Crippen molar-refractivity contribution in [1.29, 1.82) is 0 Å². The molecule has 26 heavy (non-hydrogen) atoms. The van der Waals surface area contributed by atoms with Crippen molar-refractivity contribution in [1.82, 2.24) is 0 Å². The lowest BCUT2D eigenvalue weighted by Gasteiger charge is -2.13. The fraction of sp³-hybridized carbons (Fsp3) is 0. The van der Waals surface area contributed by atoms with Crippen molar-refractivity contribution < 1.29 is 0 Å². The molecule has 0 aromatic heterocycles. The van der Waals surface area contributed by atoms with Gasteiger partial charge in [-0.15, -0.1) is 0 Å². The third-order valence-electron chi connectivity index (χ3n) is 4.37. The smallest absolute Gasteiger partial charge is 0.0463 e. The molecule has 0 aliphatic rings. The summed E-state index contributed by atoms with van der Waals surface area (Å²) < 4.78 is 0. The number of anilines is 3. The third-order valence-corrected chi connectivity index (χ3v) is 4.37. The summed E-state index contributed by atoms with van der Waals surface area (Å²) >= 11 is 0. The average molecular weight is 336 g/mol. The van der Waals surface area contributed by atoms with Gasteiger partial charge in [0, 0.05) is 22.6 Å². The first-order chi connectivity index (χ1) is 12.8. The predicted octanol–water partition coefficient (Wildman–Crippen LogP) is 6.35. The van der Waals surface area contributed by atoms with Gasteiger partial charge in [-0.05, 0) is 47.0 Å². The van der Waals surface area contributed by atoms with Gasteiger partial charge in [0.05, 0.1) is 0 Å². The lowest BCUT2D eigenvalue weighted by molar-refractivity contribution is 1.52. The van der Waals surface area contributed by atoms with Gasteiger partial charge < -0.3 is 11.1 Å². The van der Waals surface area contributed by atoms with Crippen LogP contribution in [0, 0.1) is 0 Å². The number of benzene rings is 4. The van der Waals surface area contributed by atoms with Crippen LogP contribution in [0.25, 0.3) is 22.3 Å². The Morgan fingerprint density at radius 3 is 2.00 bits per heavy atom. The second kappa shape index (κ2) is 7.16. The summed E-state index contributed by atoms with van der Waals surface area (Å²) in [6.07, 6.45) is 0. The molecule has 0 radical (unpaired) electrons. The molecule has 0 heterocycles. The van der Waals surface area contributed by atoms with Gasteiger partial charge in [0.1, 0.15) is 0 Å². The van der Waals surface area contributed by atoms with Crippen molar-refractivity contribution >= 4 is 17.1 Å². The molecule has 0 spiro atoms. The zero-order valence-electron chi connectivity index (χ0n) is 14.4. The van der Waals surface area contributed by atoms with Crippen LogP contribution >= 0.6 is 0 Å². The SMILES string of the molecule is Nc1cccc(-c2cccc(Nc3ccccc3-c3ccccc3)c2)c1. The van der Waals surface area contributed by atoms with E-state index in [1.165, 1.54) is 11.1 Å². The van der Waals surface area contributed by atoms with Crippen LogP contribution in [0.4, 0.5) is 17.1 Å². The van der Waals surface area contributed by atoms with E-state index < -0.39 is 0 Å². The highest BCUT2D eigenvalue weighted by atomic mass is 14.9. The Balaban J connectivity index is 1.68. The van der Waals surface area contributed by atoms with Gasteiger partial charge in [-0.1, -0.05) is 72.8 Å². The lowest BCUT2D eigenvalue weighted by atomic mass is 10.0. The number of nitrogens with two attached hydrogens (primary N) is 1.